The Morgan fingerprint density at radius 2 is 0.958 bits per heavy atom. The van der Waals surface area contributed by atoms with Crippen LogP contribution in [0.3, 0.4) is 0 Å². The Bertz CT molecular complexity index is 1890. The molecule has 0 saturated heterocycles. The van der Waals surface area contributed by atoms with Gasteiger partial charge in [0.25, 0.3) is 11.8 Å². The van der Waals surface area contributed by atoms with Crippen molar-refractivity contribution in [3.05, 3.63) is 127 Å². The maximum absolute atomic E-state index is 12.8. The SMILES string of the molecule is CC(O)=C(N=Nc1ccc(-c2ccc(N=NC(C(=O)Nc3ccc(Cl)cc3Cl)=C(C)O)c(C)c2)cc1C)C(=O)Nc1ccc(Cl)cc1Cl. The molecule has 10 nitrogen and oxygen atoms in total. The van der Waals surface area contributed by atoms with Gasteiger partial charge in [0.1, 0.15) is 11.5 Å². The summed E-state index contributed by atoms with van der Waals surface area (Å²) in [6, 6.07) is 20.1. The van der Waals surface area contributed by atoms with Gasteiger partial charge in [-0.1, -0.05) is 58.5 Å². The van der Waals surface area contributed by atoms with E-state index in [1.54, 1.807) is 24.3 Å². The van der Waals surface area contributed by atoms with Gasteiger partial charge in [0, 0.05) is 10.0 Å². The Hall–Kier alpha value is -4.74. The average molecular weight is 726 g/mol. The Kier molecular flexibility index (Phi) is 12.0. The number of carbonyl (C=O) groups is 2. The molecule has 4 N–H and O–H groups in total. The number of aryl methyl sites for hydroxylation is 2. The van der Waals surface area contributed by atoms with E-state index in [1.165, 1.54) is 38.1 Å². The van der Waals surface area contributed by atoms with Crippen LogP contribution in [0.5, 0.6) is 0 Å². The maximum Gasteiger partial charge on any atom is 0.279 e. The molecule has 0 atom stereocenters. The molecule has 48 heavy (non-hydrogen) atoms. The van der Waals surface area contributed by atoms with E-state index in [-0.39, 0.29) is 33.0 Å². The number of halogens is 4. The highest BCUT2D eigenvalue weighted by atomic mass is 35.5. The Morgan fingerprint density at radius 3 is 1.27 bits per heavy atom. The molecule has 14 heteroatoms. The molecule has 0 spiro atoms. The Morgan fingerprint density at radius 1 is 0.583 bits per heavy atom. The van der Waals surface area contributed by atoms with Crippen LogP contribution in [0, 0.1) is 13.8 Å². The first kappa shape index (κ1) is 36.1. The van der Waals surface area contributed by atoms with E-state index in [4.69, 9.17) is 46.4 Å². The van der Waals surface area contributed by atoms with Crippen LogP contribution in [-0.4, -0.2) is 22.0 Å². The zero-order valence-corrected chi connectivity index (χ0v) is 29.0. The molecule has 2 amide bonds. The van der Waals surface area contributed by atoms with Crippen molar-refractivity contribution >= 4 is 81.0 Å². The van der Waals surface area contributed by atoms with Gasteiger partial charge in [-0.3, -0.25) is 9.59 Å². The zero-order valence-electron chi connectivity index (χ0n) is 25.9. The predicted octanol–water partition coefficient (Wildman–Crippen LogP) is 11.6. The number of hydrogen-bond donors (Lipinski definition) is 4. The molecule has 0 unspecified atom stereocenters. The summed E-state index contributed by atoms with van der Waals surface area (Å²) in [5, 5.41) is 43.1. The van der Waals surface area contributed by atoms with E-state index in [0.29, 0.717) is 32.8 Å². The first-order valence-electron chi connectivity index (χ1n) is 14.1. The average Bonchev–Trinajstić information content (AvgIpc) is 3.01. The molecule has 0 heterocycles. The molecule has 0 aromatic heterocycles. The van der Waals surface area contributed by atoms with Gasteiger partial charge < -0.3 is 20.8 Å². The van der Waals surface area contributed by atoms with Gasteiger partial charge >= 0.3 is 0 Å². The van der Waals surface area contributed by atoms with Gasteiger partial charge in [-0.15, -0.1) is 20.5 Å². The van der Waals surface area contributed by atoms with Crippen molar-refractivity contribution in [1.82, 2.24) is 0 Å². The van der Waals surface area contributed by atoms with Crippen molar-refractivity contribution in [2.24, 2.45) is 20.5 Å². The number of aliphatic hydroxyl groups is 2. The highest BCUT2D eigenvalue weighted by molar-refractivity contribution is 6.37. The molecule has 4 aromatic carbocycles. The third kappa shape index (κ3) is 9.20. The summed E-state index contributed by atoms with van der Waals surface area (Å²) < 4.78 is 0. The predicted molar refractivity (Wildman–Crippen MR) is 191 cm³/mol. The van der Waals surface area contributed by atoms with Crippen molar-refractivity contribution in [1.29, 1.82) is 0 Å². The number of aliphatic hydroxyl groups excluding tert-OH is 2. The lowest BCUT2D eigenvalue weighted by atomic mass is 10.0. The van der Waals surface area contributed by atoms with Crippen LogP contribution < -0.4 is 10.6 Å². The number of anilines is 2. The number of nitrogens with zero attached hydrogens (tertiary/aromatic N) is 4. The smallest absolute Gasteiger partial charge is 0.279 e. The largest absolute Gasteiger partial charge is 0.510 e. The van der Waals surface area contributed by atoms with Gasteiger partial charge in [0.2, 0.25) is 0 Å². The van der Waals surface area contributed by atoms with E-state index >= 15 is 0 Å². The molecule has 0 fully saturated rings. The number of amides is 2. The molecule has 0 bridgehead atoms. The minimum absolute atomic E-state index is 0.228. The second kappa shape index (κ2) is 15.9. The quantitative estimate of drug-likeness (QED) is 0.0771. The lowest BCUT2D eigenvalue weighted by Gasteiger charge is -2.09. The Labute approximate surface area is 296 Å². The van der Waals surface area contributed by atoms with Crippen LogP contribution >= 0.6 is 46.4 Å². The summed E-state index contributed by atoms with van der Waals surface area (Å²) >= 11 is 24.1. The summed E-state index contributed by atoms with van der Waals surface area (Å²) in [6.45, 7) is 6.33. The van der Waals surface area contributed by atoms with Crippen molar-refractivity contribution < 1.29 is 19.8 Å². The third-order valence-corrected chi connectivity index (χ3v) is 7.81. The monoisotopic (exact) mass is 724 g/mol. The Balaban J connectivity index is 1.49. The number of azo groups is 2. The summed E-state index contributed by atoms with van der Waals surface area (Å²) in [7, 11) is 0. The highest BCUT2D eigenvalue weighted by Crippen LogP contribution is 2.32. The van der Waals surface area contributed by atoms with Gasteiger partial charge in [0.05, 0.1) is 32.8 Å². The van der Waals surface area contributed by atoms with Crippen molar-refractivity contribution in [2.45, 2.75) is 27.7 Å². The van der Waals surface area contributed by atoms with Crippen LogP contribution in [0.4, 0.5) is 22.7 Å². The second-order valence-electron chi connectivity index (χ2n) is 10.4. The van der Waals surface area contributed by atoms with E-state index in [1.807, 2.05) is 38.1 Å². The van der Waals surface area contributed by atoms with Crippen LogP contribution in [0.15, 0.2) is 116 Å². The topological polar surface area (TPSA) is 148 Å². The van der Waals surface area contributed by atoms with Gasteiger partial charge in [0.15, 0.2) is 11.4 Å². The number of nitrogens with one attached hydrogen (secondary N) is 2. The molecular weight excluding hydrogens is 698 g/mol. The van der Waals surface area contributed by atoms with E-state index < -0.39 is 11.8 Å². The maximum atomic E-state index is 12.8. The summed E-state index contributed by atoms with van der Waals surface area (Å²) in [5.74, 6) is -2.06. The first-order valence-corrected chi connectivity index (χ1v) is 15.6. The molecule has 0 aliphatic rings. The van der Waals surface area contributed by atoms with Gasteiger partial charge in [-0.2, -0.15) is 0 Å². The molecule has 0 radical (unpaired) electrons. The number of carbonyl (C=O) groups excluding carboxylic acids is 2. The molecule has 4 aromatic rings. The van der Waals surface area contributed by atoms with Crippen LogP contribution in [-0.2, 0) is 9.59 Å². The van der Waals surface area contributed by atoms with Crippen molar-refractivity contribution in [2.75, 3.05) is 10.6 Å². The number of allylic oxidation sites excluding steroid dienone is 2. The summed E-state index contributed by atoms with van der Waals surface area (Å²) in [4.78, 5) is 25.6. The molecule has 0 aliphatic heterocycles. The summed E-state index contributed by atoms with van der Waals surface area (Å²) in [5.41, 5.74) is 4.24. The van der Waals surface area contributed by atoms with Crippen LogP contribution in [0.1, 0.15) is 25.0 Å². The highest BCUT2D eigenvalue weighted by Gasteiger charge is 2.17. The normalized spacial score (nSPS) is 12.6. The second-order valence-corrected chi connectivity index (χ2v) is 12.1. The molecule has 4 rings (SSSR count). The van der Waals surface area contributed by atoms with E-state index in [0.717, 1.165) is 22.3 Å². The minimum atomic E-state index is -0.701. The molecule has 246 valence electrons. The van der Waals surface area contributed by atoms with Crippen molar-refractivity contribution in [3.8, 4) is 11.1 Å². The van der Waals surface area contributed by atoms with E-state index in [2.05, 4.69) is 31.1 Å². The van der Waals surface area contributed by atoms with Crippen molar-refractivity contribution in [3.63, 3.8) is 0 Å². The van der Waals surface area contributed by atoms with E-state index in [9.17, 15) is 19.8 Å². The van der Waals surface area contributed by atoms with Crippen LogP contribution in [0.25, 0.3) is 11.1 Å². The summed E-state index contributed by atoms with van der Waals surface area (Å²) in [6.07, 6.45) is 0. The molecular formula is C34H28Cl4N6O4. The number of rotatable bonds is 9. The lowest BCUT2D eigenvalue weighted by Crippen LogP contribution is -2.14. The number of hydrogen-bond acceptors (Lipinski definition) is 8. The zero-order chi connectivity index (χ0) is 35.1. The number of benzene rings is 4. The lowest BCUT2D eigenvalue weighted by molar-refractivity contribution is -0.113. The van der Waals surface area contributed by atoms with Gasteiger partial charge in [-0.05, 0) is 111 Å². The fraction of sp³-hybridized carbons (Fsp3) is 0.118. The fourth-order valence-electron chi connectivity index (χ4n) is 4.21. The standard InChI is InChI=1S/C34H28Cl4N6O4/c1-17-13-21(5-9-27(17)41-43-31(19(3)45)33(47)39-29-11-7-23(35)15-25(29)37)22-6-10-28(18(2)14-22)42-44-32(20(4)46)34(48)40-30-12-8-24(36)16-26(30)38/h5-16,45-46H,1-4H3,(H,39,47)(H,40,48). The first-order chi connectivity index (χ1) is 22.7. The minimum Gasteiger partial charge on any atom is -0.510 e. The van der Waals surface area contributed by atoms with Gasteiger partial charge in [-0.25, -0.2) is 0 Å². The third-order valence-electron chi connectivity index (χ3n) is 6.72. The molecule has 0 saturated carbocycles. The molecule has 0 aliphatic carbocycles. The van der Waals surface area contributed by atoms with Crippen LogP contribution in [0.2, 0.25) is 20.1 Å². The fourth-order valence-corrected chi connectivity index (χ4v) is 5.12.